The molecule has 0 spiro atoms. The van der Waals surface area contributed by atoms with Gasteiger partial charge in [0.05, 0.1) is 19.8 Å². The van der Waals surface area contributed by atoms with E-state index in [1.807, 2.05) is 36.4 Å². The summed E-state index contributed by atoms with van der Waals surface area (Å²) in [5.74, 6) is 0.314. The average Bonchev–Trinajstić information content (AvgIpc) is 2.66. The van der Waals surface area contributed by atoms with E-state index in [1.165, 1.54) is 0 Å². The lowest BCUT2D eigenvalue weighted by Gasteiger charge is -2.31. The number of rotatable bonds is 5. The topological polar surface area (TPSA) is 76.0 Å². The molecule has 2 aromatic rings. The molecule has 2 N–H and O–H groups in total. The highest BCUT2D eigenvalue weighted by molar-refractivity contribution is 6.31. The molecule has 1 aliphatic heterocycles. The van der Waals surface area contributed by atoms with Gasteiger partial charge in [-0.2, -0.15) is 0 Å². The van der Waals surface area contributed by atoms with Crippen molar-refractivity contribution in [2.75, 3.05) is 13.7 Å². The number of aliphatic hydroxyl groups excluding tert-OH is 2. The van der Waals surface area contributed by atoms with E-state index in [9.17, 15) is 15.0 Å². The van der Waals surface area contributed by atoms with Gasteiger partial charge in [0.2, 0.25) is 0 Å². The zero-order chi connectivity index (χ0) is 18.7. The van der Waals surface area contributed by atoms with Gasteiger partial charge in [-0.25, -0.2) is 0 Å². The van der Waals surface area contributed by atoms with Crippen LogP contribution in [0.25, 0.3) is 0 Å². The van der Waals surface area contributed by atoms with Crippen molar-refractivity contribution < 1.29 is 24.5 Å². The van der Waals surface area contributed by atoms with Gasteiger partial charge in [-0.15, -0.1) is 0 Å². The summed E-state index contributed by atoms with van der Waals surface area (Å²) in [4.78, 5) is 11.8. The van der Waals surface area contributed by atoms with Crippen molar-refractivity contribution in [2.45, 2.75) is 31.2 Å². The maximum atomic E-state index is 11.8. The van der Waals surface area contributed by atoms with Crippen molar-refractivity contribution in [3.05, 3.63) is 64.2 Å². The number of halogens is 1. The van der Waals surface area contributed by atoms with Crippen LogP contribution in [0.4, 0.5) is 0 Å². The quantitative estimate of drug-likeness (QED) is 0.839. The van der Waals surface area contributed by atoms with Crippen molar-refractivity contribution in [1.82, 2.24) is 0 Å². The number of carbonyl (C=O) groups excluding carboxylic acids is 1. The molecule has 0 unspecified atom stereocenters. The molecule has 26 heavy (non-hydrogen) atoms. The normalized spacial score (nSPS) is 23.1. The summed E-state index contributed by atoms with van der Waals surface area (Å²) in [7, 11) is 1.62. The molecule has 3 rings (SSSR count). The summed E-state index contributed by atoms with van der Waals surface area (Å²) in [5.41, 5.74) is 2.82. The first-order valence-electron chi connectivity index (χ1n) is 8.41. The fourth-order valence-electron chi connectivity index (χ4n) is 3.10. The molecule has 0 aliphatic carbocycles. The molecule has 3 atom stereocenters. The van der Waals surface area contributed by atoms with Gasteiger partial charge < -0.3 is 19.7 Å². The molecule has 5 nitrogen and oxygen atoms in total. The molecule has 1 aliphatic rings. The number of carbonyl (C=O) groups is 1. The lowest BCUT2D eigenvalue weighted by molar-refractivity contribution is -0.161. The third-order valence-electron chi connectivity index (χ3n) is 4.57. The van der Waals surface area contributed by atoms with Crippen LogP contribution in [0, 0.1) is 0 Å². The number of Topliss-reactive ketones (excluding diaryl/α,β-unsaturated/α-hetero) is 1. The van der Waals surface area contributed by atoms with Crippen LogP contribution in [0.15, 0.2) is 42.5 Å². The number of methoxy groups -OCH3 is 1. The van der Waals surface area contributed by atoms with Crippen molar-refractivity contribution in [3.8, 4) is 5.75 Å². The Bertz CT molecular complexity index is 774. The van der Waals surface area contributed by atoms with E-state index >= 15 is 0 Å². The Morgan fingerprint density at radius 2 is 1.96 bits per heavy atom. The average molecular weight is 377 g/mol. The molecule has 1 fully saturated rings. The Morgan fingerprint density at radius 1 is 1.23 bits per heavy atom. The van der Waals surface area contributed by atoms with Gasteiger partial charge >= 0.3 is 0 Å². The van der Waals surface area contributed by atoms with Gasteiger partial charge in [0.1, 0.15) is 18.0 Å². The summed E-state index contributed by atoms with van der Waals surface area (Å²) < 4.78 is 10.8. The lowest BCUT2D eigenvalue weighted by atomic mass is 9.93. The summed E-state index contributed by atoms with van der Waals surface area (Å²) >= 11 is 6.34. The van der Waals surface area contributed by atoms with E-state index in [0.29, 0.717) is 11.4 Å². The van der Waals surface area contributed by atoms with E-state index < -0.39 is 30.7 Å². The van der Waals surface area contributed by atoms with Crippen LogP contribution in [0.5, 0.6) is 5.75 Å². The first-order chi connectivity index (χ1) is 12.5. The molecule has 0 amide bonds. The Hall–Kier alpha value is -1.92. The zero-order valence-corrected chi connectivity index (χ0v) is 15.1. The predicted octanol–water partition coefficient (Wildman–Crippen LogP) is 2.69. The maximum Gasteiger partial charge on any atom is 0.192 e. The molecule has 0 radical (unpaired) electrons. The molecule has 2 aromatic carbocycles. The van der Waals surface area contributed by atoms with E-state index in [4.69, 9.17) is 21.1 Å². The first-order valence-corrected chi connectivity index (χ1v) is 8.79. The fraction of sp³-hybridized carbons (Fsp3) is 0.350. The Morgan fingerprint density at radius 3 is 2.62 bits per heavy atom. The largest absolute Gasteiger partial charge is 0.497 e. The zero-order valence-electron chi connectivity index (χ0n) is 14.4. The third-order valence-corrected chi connectivity index (χ3v) is 4.94. The van der Waals surface area contributed by atoms with Crippen molar-refractivity contribution in [2.24, 2.45) is 0 Å². The number of ketones is 1. The Balaban J connectivity index is 1.81. The minimum Gasteiger partial charge on any atom is -0.497 e. The van der Waals surface area contributed by atoms with Gasteiger partial charge in [0, 0.05) is 11.4 Å². The van der Waals surface area contributed by atoms with Crippen molar-refractivity contribution >= 4 is 17.4 Å². The first kappa shape index (κ1) is 18.9. The minimum absolute atomic E-state index is 0.166. The second kappa shape index (κ2) is 8.18. The van der Waals surface area contributed by atoms with Crippen molar-refractivity contribution in [3.63, 3.8) is 0 Å². The SMILES string of the molecule is COc1ccc(Cc2cc([C@H]3C[C@@H](O)C(=O)[C@@H](CO)O3)ccc2Cl)cc1. The maximum absolute atomic E-state index is 11.8. The van der Waals surface area contributed by atoms with E-state index in [-0.39, 0.29) is 6.42 Å². The van der Waals surface area contributed by atoms with Gasteiger partial charge in [0.25, 0.3) is 0 Å². The second-order valence-electron chi connectivity index (χ2n) is 6.33. The number of aliphatic hydroxyl groups is 2. The van der Waals surface area contributed by atoms with Crippen LogP contribution < -0.4 is 4.74 Å². The highest BCUT2D eigenvalue weighted by Gasteiger charge is 2.36. The Labute approximate surface area is 157 Å². The van der Waals surface area contributed by atoms with E-state index in [1.54, 1.807) is 13.2 Å². The van der Waals surface area contributed by atoms with Crippen LogP contribution in [-0.4, -0.2) is 41.9 Å². The van der Waals surface area contributed by atoms with Gasteiger partial charge in [-0.1, -0.05) is 35.9 Å². The minimum atomic E-state index is -1.13. The molecular weight excluding hydrogens is 356 g/mol. The summed E-state index contributed by atoms with van der Waals surface area (Å²) in [6.07, 6.45) is -1.80. The molecule has 0 saturated carbocycles. The lowest BCUT2D eigenvalue weighted by Crippen LogP contribution is -2.43. The van der Waals surface area contributed by atoms with Gasteiger partial charge in [-0.3, -0.25) is 4.79 Å². The second-order valence-corrected chi connectivity index (χ2v) is 6.73. The molecule has 1 heterocycles. The van der Waals surface area contributed by atoms with E-state index in [2.05, 4.69) is 0 Å². The number of hydrogen-bond acceptors (Lipinski definition) is 5. The smallest absolute Gasteiger partial charge is 0.192 e. The number of ether oxygens (including phenoxy) is 2. The van der Waals surface area contributed by atoms with Crippen LogP contribution in [-0.2, 0) is 16.0 Å². The monoisotopic (exact) mass is 376 g/mol. The highest BCUT2D eigenvalue weighted by atomic mass is 35.5. The summed E-state index contributed by atoms with van der Waals surface area (Å²) in [6, 6.07) is 13.3. The van der Waals surface area contributed by atoms with Crippen LogP contribution in [0.2, 0.25) is 5.02 Å². The number of hydrogen-bond donors (Lipinski definition) is 2. The summed E-state index contributed by atoms with van der Waals surface area (Å²) in [6.45, 7) is -0.446. The van der Waals surface area contributed by atoms with E-state index in [0.717, 1.165) is 22.4 Å². The van der Waals surface area contributed by atoms with Gasteiger partial charge in [0.15, 0.2) is 5.78 Å². The molecule has 6 heteroatoms. The molecule has 1 saturated heterocycles. The third kappa shape index (κ3) is 4.07. The van der Waals surface area contributed by atoms with Crippen molar-refractivity contribution in [1.29, 1.82) is 0 Å². The molecule has 138 valence electrons. The standard InChI is InChI=1S/C20H21ClO5/c1-25-15-5-2-12(3-6-15)8-14-9-13(4-7-16(14)21)18-10-17(23)20(24)19(11-22)26-18/h2-7,9,17-19,22-23H,8,10-11H2,1H3/t17-,18-,19-/m1/s1. The summed E-state index contributed by atoms with van der Waals surface area (Å²) in [5, 5.41) is 19.9. The number of benzene rings is 2. The van der Waals surface area contributed by atoms with Crippen LogP contribution >= 0.6 is 11.6 Å². The molecule has 0 aromatic heterocycles. The Kier molecular flexibility index (Phi) is 5.94. The molecule has 0 bridgehead atoms. The van der Waals surface area contributed by atoms with Gasteiger partial charge in [-0.05, 0) is 41.3 Å². The highest BCUT2D eigenvalue weighted by Crippen LogP contribution is 2.32. The predicted molar refractivity (Wildman–Crippen MR) is 97.6 cm³/mol. The van der Waals surface area contributed by atoms with Crippen LogP contribution in [0.3, 0.4) is 0 Å². The molecular formula is C20H21ClO5. The van der Waals surface area contributed by atoms with Crippen LogP contribution in [0.1, 0.15) is 29.2 Å². The fourth-order valence-corrected chi connectivity index (χ4v) is 3.28.